The van der Waals surface area contributed by atoms with Crippen LogP contribution in [-0.2, 0) is 13.1 Å². The summed E-state index contributed by atoms with van der Waals surface area (Å²) in [7, 11) is 0. The maximum absolute atomic E-state index is 13.6. The van der Waals surface area contributed by atoms with Crippen molar-refractivity contribution in [2.24, 2.45) is 5.73 Å². The number of fused-ring (bicyclic) bond motifs is 1. The minimum atomic E-state index is -0.292. The molecule has 0 saturated heterocycles. The monoisotopic (exact) mass is 272 g/mol. The molecule has 2 N–H and O–H groups in total. The molecule has 3 rings (SSSR count). The van der Waals surface area contributed by atoms with Crippen LogP contribution in [0.3, 0.4) is 0 Å². The van der Waals surface area contributed by atoms with Crippen LogP contribution < -0.4 is 5.73 Å². The van der Waals surface area contributed by atoms with Gasteiger partial charge in [0.1, 0.15) is 11.6 Å². The minimum Gasteiger partial charge on any atom is -0.343 e. The van der Waals surface area contributed by atoms with Crippen molar-refractivity contribution < 1.29 is 8.78 Å². The number of nitrogens with two attached hydrogens (primary N) is 1. The fraction of sp³-hybridized carbons (Fsp3) is 0.125. The first-order valence-corrected chi connectivity index (χ1v) is 6.40. The van der Waals surface area contributed by atoms with Crippen molar-refractivity contribution in [2.45, 2.75) is 13.1 Å². The normalized spacial score (nSPS) is 11.2. The zero-order valence-corrected chi connectivity index (χ0v) is 10.8. The zero-order chi connectivity index (χ0) is 14.1. The molecule has 2 aromatic carbocycles. The molecule has 0 amide bonds. The van der Waals surface area contributed by atoms with Crippen molar-refractivity contribution in [3.63, 3.8) is 0 Å². The van der Waals surface area contributed by atoms with Gasteiger partial charge in [-0.1, -0.05) is 12.1 Å². The third-order valence-electron chi connectivity index (χ3n) is 3.44. The average molecular weight is 272 g/mol. The van der Waals surface area contributed by atoms with Gasteiger partial charge in [-0.2, -0.15) is 0 Å². The molecule has 3 aromatic rings. The Morgan fingerprint density at radius 1 is 1.00 bits per heavy atom. The van der Waals surface area contributed by atoms with Crippen molar-refractivity contribution in [3.05, 3.63) is 71.4 Å². The van der Waals surface area contributed by atoms with Gasteiger partial charge in [-0.05, 0) is 35.9 Å². The Hall–Kier alpha value is -2.20. The summed E-state index contributed by atoms with van der Waals surface area (Å²) >= 11 is 0. The second-order valence-electron chi connectivity index (χ2n) is 4.75. The third-order valence-corrected chi connectivity index (χ3v) is 3.44. The van der Waals surface area contributed by atoms with Crippen LogP contribution >= 0.6 is 0 Å². The molecule has 0 spiro atoms. The van der Waals surface area contributed by atoms with Gasteiger partial charge in [0, 0.05) is 30.2 Å². The van der Waals surface area contributed by atoms with Gasteiger partial charge < -0.3 is 10.3 Å². The summed E-state index contributed by atoms with van der Waals surface area (Å²) in [5.74, 6) is -0.525. The average Bonchev–Trinajstić information content (AvgIpc) is 2.86. The van der Waals surface area contributed by atoms with E-state index in [-0.39, 0.29) is 18.2 Å². The third kappa shape index (κ3) is 2.18. The van der Waals surface area contributed by atoms with Gasteiger partial charge in [0.15, 0.2) is 0 Å². The van der Waals surface area contributed by atoms with Crippen LogP contribution in [0.1, 0.15) is 11.1 Å². The van der Waals surface area contributed by atoms with Crippen LogP contribution in [-0.4, -0.2) is 4.57 Å². The second kappa shape index (κ2) is 5.06. The van der Waals surface area contributed by atoms with E-state index >= 15 is 0 Å². The predicted molar refractivity (Wildman–Crippen MR) is 75.3 cm³/mol. The molecule has 4 heteroatoms. The maximum atomic E-state index is 13.6. The first-order valence-electron chi connectivity index (χ1n) is 6.40. The van der Waals surface area contributed by atoms with E-state index in [4.69, 9.17) is 5.73 Å². The van der Waals surface area contributed by atoms with E-state index in [1.807, 2.05) is 16.8 Å². The van der Waals surface area contributed by atoms with E-state index in [0.717, 1.165) is 11.1 Å². The Kier molecular flexibility index (Phi) is 3.24. The zero-order valence-electron chi connectivity index (χ0n) is 10.8. The Labute approximate surface area is 115 Å². The van der Waals surface area contributed by atoms with E-state index in [9.17, 15) is 8.78 Å². The summed E-state index contributed by atoms with van der Waals surface area (Å²) < 4.78 is 29.0. The summed E-state index contributed by atoms with van der Waals surface area (Å²) in [6.45, 7) is 0.723. The van der Waals surface area contributed by atoms with Crippen molar-refractivity contribution in [1.29, 1.82) is 0 Å². The van der Waals surface area contributed by atoms with Crippen LogP contribution in [0.4, 0.5) is 8.78 Å². The van der Waals surface area contributed by atoms with Crippen molar-refractivity contribution >= 4 is 10.9 Å². The van der Waals surface area contributed by atoms with Gasteiger partial charge in [0.05, 0.1) is 5.52 Å². The SMILES string of the molecule is NCc1cc(Cn2ccc3c(F)cccc32)ccc1F. The molecule has 0 radical (unpaired) electrons. The van der Waals surface area contributed by atoms with Gasteiger partial charge in [0.25, 0.3) is 0 Å². The topological polar surface area (TPSA) is 30.9 Å². The van der Waals surface area contributed by atoms with E-state index in [2.05, 4.69) is 0 Å². The molecule has 0 unspecified atom stereocenters. The van der Waals surface area contributed by atoms with Gasteiger partial charge >= 0.3 is 0 Å². The number of rotatable bonds is 3. The maximum Gasteiger partial charge on any atom is 0.132 e. The molecule has 1 aromatic heterocycles. The lowest BCUT2D eigenvalue weighted by Gasteiger charge is -2.08. The van der Waals surface area contributed by atoms with Crippen molar-refractivity contribution in [1.82, 2.24) is 4.57 Å². The molecule has 20 heavy (non-hydrogen) atoms. The van der Waals surface area contributed by atoms with Gasteiger partial charge in [-0.25, -0.2) is 8.78 Å². The molecule has 2 nitrogen and oxygen atoms in total. The van der Waals surface area contributed by atoms with E-state index in [0.29, 0.717) is 17.5 Å². The number of benzene rings is 2. The molecule has 1 heterocycles. The summed E-state index contributed by atoms with van der Waals surface area (Å²) in [6, 6.07) is 11.6. The molecule has 0 bridgehead atoms. The van der Waals surface area contributed by atoms with Crippen LogP contribution in [0.2, 0.25) is 0 Å². The molecule has 0 aliphatic rings. The number of aromatic nitrogens is 1. The molecule has 0 aliphatic carbocycles. The van der Waals surface area contributed by atoms with Crippen LogP contribution in [0.5, 0.6) is 0 Å². The molecule has 0 fully saturated rings. The van der Waals surface area contributed by atoms with Gasteiger partial charge in [-0.15, -0.1) is 0 Å². The fourth-order valence-electron chi connectivity index (χ4n) is 2.40. The summed E-state index contributed by atoms with van der Waals surface area (Å²) in [5, 5.41) is 0.591. The highest BCUT2D eigenvalue weighted by atomic mass is 19.1. The van der Waals surface area contributed by atoms with Gasteiger partial charge in [0.2, 0.25) is 0 Å². The summed E-state index contributed by atoms with van der Waals surface area (Å²) in [5.41, 5.74) is 7.76. The summed E-state index contributed by atoms with van der Waals surface area (Å²) in [6.07, 6.45) is 1.83. The predicted octanol–water partition coefficient (Wildman–Crippen LogP) is 3.43. The first-order chi connectivity index (χ1) is 9.69. The number of nitrogens with zero attached hydrogens (tertiary/aromatic N) is 1. The largest absolute Gasteiger partial charge is 0.343 e. The Morgan fingerprint density at radius 3 is 2.65 bits per heavy atom. The highest BCUT2D eigenvalue weighted by Gasteiger charge is 2.07. The van der Waals surface area contributed by atoms with Crippen LogP contribution in [0.25, 0.3) is 10.9 Å². The van der Waals surface area contributed by atoms with Crippen molar-refractivity contribution in [2.75, 3.05) is 0 Å². The van der Waals surface area contributed by atoms with E-state index < -0.39 is 0 Å². The summed E-state index contributed by atoms with van der Waals surface area (Å²) in [4.78, 5) is 0. The molecule has 102 valence electrons. The highest BCUT2D eigenvalue weighted by molar-refractivity contribution is 5.80. The lowest BCUT2D eigenvalue weighted by atomic mass is 10.1. The molecule has 0 atom stereocenters. The number of halogens is 2. The molecule has 0 aliphatic heterocycles. The fourth-order valence-corrected chi connectivity index (χ4v) is 2.40. The Balaban J connectivity index is 1.99. The van der Waals surface area contributed by atoms with Gasteiger partial charge in [-0.3, -0.25) is 0 Å². The molecule has 0 saturated carbocycles. The standard InChI is InChI=1S/C16H14F2N2/c17-14-5-4-11(8-12(14)9-19)10-20-7-6-13-15(18)2-1-3-16(13)20/h1-8H,9-10,19H2. The Morgan fingerprint density at radius 2 is 1.85 bits per heavy atom. The molecular formula is C16H14F2N2. The lowest BCUT2D eigenvalue weighted by Crippen LogP contribution is -2.03. The number of hydrogen-bond acceptors (Lipinski definition) is 1. The molecular weight excluding hydrogens is 258 g/mol. The quantitative estimate of drug-likeness (QED) is 0.778. The second-order valence-corrected chi connectivity index (χ2v) is 4.75. The van der Waals surface area contributed by atoms with E-state index in [1.165, 1.54) is 12.1 Å². The number of hydrogen-bond donors (Lipinski definition) is 1. The van der Waals surface area contributed by atoms with Crippen molar-refractivity contribution in [3.8, 4) is 0 Å². The van der Waals surface area contributed by atoms with Crippen LogP contribution in [0, 0.1) is 11.6 Å². The lowest BCUT2D eigenvalue weighted by molar-refractivity contribution is 0.609. The van der Waals surface area contributed by atoms with Crippen LogP contribution in [0.15, 0.2) is 48.7 Å². The Bertz CT molecular complexity index is 762. The highest BCUT2D eigenvalue weighted by Crippen LogP contribution is 2.20. The van der Waals surface area contributed by atoms with E-state index in [1.54, 1.807) is 24.3 Å². The first kappa shape index (κ1) is 12.8. The smallest absolute Gasteiger partial charge is 0.132 e. The minimum absolute atomic E-state index is 0.167.